The van der Waals surface area contributed by atoms with E-state index >= 15 is 0 Å². The smallest absolute Gasteiger partial charge is 0.252 e. The van der Waals surface area contributed by atoms with Gasteiger partial charge in [0, 0.05) is 30.3 Å². The van der Waals surface area contributed by atoms with Crippen molar-refractivity contribution in [3.05, 3.63) is 78.0 Å². The molecule has 0 fully saturated rings. The summed E-state index contributed by atoms with van der Waals surface area (Å²) in [5.41, 5.74) is 2.00. The number of aliphatic hydroxyl groups is 1. The molecule has 0 bridgehead atoms. The van der Waals surface area contributed by atoms with Gasteiger partial charge in [-0.2, -0.15) is 0 Å². The Morgan fingerprint density at radius 3 is 2.59 bits per heavy atom. The van der Waals surface area contributed by atoms with E-state index in [0.29, 0.717) is 18.5 Å². The summed E-state index contributed by atoms with van der Waals surface area (Å²) in [5.74, 6) is -0.573. The lowest BCUT2D eigenvalue weighted by molar-refractivity contribution is -0.123. The second-order valence-electron chi connectivity index (χ2n) is 6.80. The average molecular weight is 391 g/mol. The van der Waals surface area contributed by atoms with Crippen molar-refractivity contribution in [3.63, 3.8) is 0 Å². The predicted molar refractivity (Wildman–Crippen MR) is 112 cm³/mol. The number of amides is 2. The first-order chi connectivity index (χ1) is 14.2. The van der Waals surface area contributed by atoms with Crippen LogP contribution in [0.1, 0.15) is 41.2 Å². The Bertz CT molecular complexity index is 960. The van der Waals surface area contributed by atoms with Gasteiger partial charge in [0.1, 0.15) is 6.04 Å². The van der Waals surface area contributed by atoms with Gasteiger partial charge < -0.3 is 15.7 Å². The number of hydrogen-bond acceptors (Lipinski definition) is 4. The predicted octanol–water partition coefficient (Wildman–Crippen LogP) is 2.98. The van der Waals surface area contributed by atoms with Crippen molar-refractivity contribution in [1.29, 1.82) is 0 Å². The summed E-state index contributed by atoms with van der Waals surface area (Å²) in [4.78, 5) is 29.9. The third kappa shape index (κ3) is 5.62. The molecular formula is C23H25N3O3. The number of hydrogen-bond donors (Lipinski definition) is 3. The minimum Gasteiger partial charge on any atom is -0.396 e. The van der Waals surface area contributed by atoms with Gasteiger partial charge >= 0.3 is 0 Å². The fourth-order valence-electron chi connectivity index (χ4n) is 3.10. The highest BCUT2D eigenvalue weighted by molar-refractivity contribution is 6.00. The quantitative estimate of drug-likeness (QED) is 0.489. The van der Waals surface area contributed by atoms with Crippen LogP contribution in [0.2, 0.25) is 0 Å². The molecule has 1 unspecified atom stereocenters. The van der Waals surface area contributed by atoms with E-state index in [1.54, 1.807) is 24.4 Å². The van der Waals surface area contributed by atoms with Crippen molar-refractivity contribution in [2.75, 3.05) is 13.2 Å². The summed E-state index contributed by atoms with van der Waals surface area (Å²) in [6.07, 6.45) is 4.04. The zero-order chi connectivity index (χ0) is 20.5. The lowest BCUT2D eigenvalue weighted by atomic mass is 10.0. The molecule has 150 valence electrons. The average Bonchev–Trinajstić information content (AvgIpc) is 2.77. The monoisotopic (exact) mass is 391 g/mol. The van der Waals surface area contributed by atoms with E-state index in [4.69, 9.17) is 5.11 Å². The maximum Gasteiger partial charge on any atom is 0.252 e. The van der Waals surface area contributed by atoms with E-state index in [1.165, 1.54) is 0 Å². The van der Waals surface area contributed by atoms with Crippen molar-refractivity contribution < 1.29 is 14.7 Å². The van der Waals surface area contributed by atoms with Crippen LogP contribution in [0.5, 0.6) is 0 Å². The number of nitrogens with zero attached hydrogens (tertiary/aromatic N) is 1. The maximum atomic E-state index is 12.9. The fourth-order valence-corrected chi connectivity index (χ4v) is 3.10. The second kappa shape index (κ2) is 10.3. The second-order valence-corrected chi connectivity index (χ2v) is 6.80. The molecule has 1 aromatic heterocycles. The van der Waals surface area contributed by atoms with Crippen molar-refractivity contribution in [1.82, 2.24) is 15.6 Å². The highest BCUT2D eigenvalue weighted by Gasteiger charge is 2.23. The van der Waals surface area contributed by atoms with Crippen molar-refractivity contribution in [2.45, 2.75) is 25.3 Å². The first kappa shape index (κ1) is 20.5. The zero-order valence-corrected chi connectivity index (χ0v) is 16.2. The number of nitrogens with one attached hydrogen (secondary N) is 2. The SMILES string of the molecule is O=C(NC(C(=O)NCCCCCO)c1ccccc1)c1ccc2ncccc2c1. The normalized spacial score (nSPS) is 11.8. The molecule has 1 atom stereocenters. The third-order valence-corrected chi connectivity index (χ3v) is 4.67. The molecule has 0 radical (unpaired) electrons. The number of aliphatic hydroxyl groups excluding tert-OH is 1. The van der Waals surface area contributed by atoms with Gasteiger partial charge in [0.15, 0.2) is 0 Å². The Morgan fingerprint density at radius 2 is 1.79 bits per heavy atom. The number of fused-ring (bicyclic) bond motifs is 1. The van der Waals surface area contributed by atoms with Crippen LogP contribution in [0.4, 0.5) is 0 Å². The van der Waals surface area contributed by atoms with Crippen LogP contribution in [-0.4, -0.2) is 35.1 Å². The minimum absolute atomic E-state index is 0.151. The van der Waals surface area contributed by atoms with Gasteiger partial charge in [-0.15, -0.1) is 0 Å². The van der Waals surface area contributed by atoms with E-state index in [0.717, 1.165) is 29.3 Å². The van der Waals surface area contributed by atoms with Crippen LogP contribution in [0.25, 0.3) is 10.9 Å². The molecule has 0 aliphatic rings. The molecule has 0 saturated carbocycles. The van der Waals surface area contributed by atoms with Gasteiger partial charge in [0.05, 0.1) is 5.52 Å². The van der Waals surface area contributed by atoms with Gasteiger partial charge in [0.2, 0.25) is 5.91 Å². The highest BCUT2D eigenvalue weighted by Crippen LogP contribution is 2.17. The van der Waals surface area contributed by atoms with Crippen LogP contribution in [0, 0.1) is 0 Å². The topological polar surface area (TPSA) is 91.3 Å². The summed E-state index contributed by atoms with van der Waals surface area (Å²) in [5, 5.41) is 15.4. The standard InChI is InChI=1S/C23H25N3O3/c27-15-6-2-5-13-25-23(29)21(17-8-3-1-4-9-17)26-22(28)19-11-12-20-18(16-19)10-7-14-24-20/h1,3-4,7-12,14,16,21,27H,2,5-6,13,15H2,(H,25,29)(H,26,28). The Labute approximate surface area is 170 Å². The Morgan fingerprint density at radius 1 is 0.966 bits per heavy atom. The molecule has 2 aromatic carbocycles. The van der Waals surface area contributed by atoms with E-state index in [1.807, 2.05) is 42.5 Å². The molecule has 3 rings (SSSR count). The molecule has 0 spiro atoms. The van der Waals surface area contributed by atoms with Crippen molar-refractivity contribution in [3.8, 4) is 0 Å². The Balaban J connectivity index is 1.73. The molecule has 1 heterocycles. The van der Waals surface area contributed by atoms with Gasteiger partial charge in [0.25, 0.3) is 5.91 Å². The van der Waals surface area contributed by atoms with E-state index < -0.39 is 6.04 Å². The summed E-state index contributed by atoms with van der Waals surface area (Å²) in [6, 6.07) is 17.4. The van der Waals surface area contributed by atoms with Gasteiger partial charge in [-0.25, -0.2) is 0 Å². The molecule has 0 aliphatic heterocycles. The highest BCUT2D eigenvalue weighted by atomic mass is 16.3. The first-order valence-corrected chi connectivity index (χ1v) is 9.78. The number of unbranched alkanes of at least 4 members (excludes halogenated alkanes) is 2. The van der Waals surface area contributed by atoms with E-state index in [9.17, 15) is 9.59 Å². The Hall–Kier alpha value is -3.25. The third-order valence-electron chi connectivity index (χ3n) is 4.67. The van der Waals surface area contributed by atoms with Crippen LogP contribution in [0.3, 0.4) is 0 Å². The number of rotatable bonds is 9. The molecule has 3 N–H and O–H groups in total. The molecule has 2 amide bonds. The summed E-state index contributed by atoms with van der Waals surface area (Å²) < 4.78 is 0. The van der Waals surface area contributed by atoms with Gasteiger partial charge in [-0.05, 0) is 49.1 Å². The number of benzene rings is 2. The number of carbonyl (C=O) groups is 2. The molecule has 3 aromatic rings. The van der Waals surface area contributed by atoms with Crippen LogP contribution >= 0.6 is 0 Å². The fraction of sp³-hybridized carbons (Fsp3) is 0.261. The number of aromatic nitrogens is 1. The lowest BCUT2D eigenvalue weighted by Crippen LogP contribution is -2.40. The summed E-state index contributed by atoms with van der Waals surface area (Å²) in [7, 11) is 0. The molecule has 0 saturated heterocycles. The zero-order valence-electron chi connectivity index (χ0n) is 16.2. The maximum absolute atomic E-state index is 12.9. The molecule has 6 heteroatoms. The van der Waals surface area contributed by atoms with Gasteiger partial charge in [-0.1, -0.05) is 36.4 Å². The van der Waals surface area contributed by atoms with Crippen LogP contribution in [0.15, 0.2) is 66.9 Å². The number of carbonyl (C=O) groups excluding carboxylic acids is 2. The lowest BCUT2D eigenvalue weighted by Gasteiger charge is -2.19. The largest absolute Gasteiger partial charge is 0.396 e. The van der Waals surface area contributed by atoms with Crippen LogP contribution < -0.4 is 10.6 Å². The summed E-state index contributed by atoms with van der Waals surface area (Å²) >= 11 is 0. The first-order valence-electron chi connectivity index (χ1n) is 9.78. The van der Waals surface area contributed by atoms with E-state index in [-0.39, 0.29) is 18.4 Å². The van der Waals surface area contributed by atoms with E-state index in [2.05, 4.69) is 15.6 Å². The van der Waals surface area contributed by atoms with Crippen molar-refractivity contribution in [2.24, 2.45) is 0 Å². The van der Waals surface area contributed by atoms with Crippen LogP contribution in [-0.2, 0) is 4.79 Å². The molecular weight excluding hydrogens is 366 g/mol. The van der Waals surface area contributed by atoms with Gasteiger partial charge in [-0.3, -0.25) is 14.6 Å². The Kier molecular flexibility index (Phi) is 7.30. The molecule has 6 nitrogen and oxygen atoms in total. The minimum atomic E-state index is -0.786. The molecule has 0 aliphatic carbocycles. The van der Waals surface area contributed by atoms with Crippen molar-refractivity contribution >= 4 is 22.7 Å². The molecule has 29 heavy (non-hydrogen) atoms. The number of pyridine rings is 1. The summed E-state index contributed by atoms with van der Waals surface area (Å²) in [6.45, 7) is 0.650.